The molecule has 7 heteroatoms. The highest BCUT2D eigenvalue weighted by molar-refractivity contribution is 9.10. The van der Waals surface area contributed by atoms with Crippen molar-refractivity contribution in [2.45, 2.75) is 6.92 Å². The van der Waals surface area contributed by atoms with Crippen molar-refractivity contribution >= 4 is 39.6 Å². The van der Waals surface area contributed by atoms with E-state index in [1.807, 2.05) is 6.07 Å². The van der Waals surface area contributed by atoms with Crippen molar-refractivity contribution in [3.05, 3.63) is 79.4 Å². The summed E-state index contributed by atoms with van der Waals surface area (Å²) in [5.41, 5.74) is 1.82. The van der Waals surface area contributed by atoms with Gasteiger partial charge in [0, 0.05) is 21.7 Å². The molecule has 0 bridgehead atoms. The summed E-state index contributed by atoms with van der Waals surface area (Å²) < 4.78 is 6.01. The molecule has 1 aliphatic heterocycles. The SMILES string of the molecule is Cc1ccc(/C=C2\N=C(c3cccc(Br)c3)OC2=O)cc1[N+](=O)[O-]. The third-order valence-corrected chi connectivity index (χ3v) is 3.92. The Hall–Kier alpha value is -2.80. The predicted octanol–water partition coefficient (Wildman–Crippen LogP) is 4.01. The zero-order valence-corrected chi connectivity index (χ0v) is 14.1. The van der Waals surface area contributed by atoms with E-state index >= 15 is 0 Å². The lowest BCUT2D eigenvalue weighted by molar-refractivity contribution is -0.385. The molecular weight excluding hydrogens is 376 g/mol. The zero-order valence-electron chi connectivity index (χ0n) is 12.5. The molecule has 24 heavy (non-hydrogen) atoms. The topological polar surface area (TPSA) is 81.8 Å². The van der Waals surface area contributed by atoms with Gasteiger partial charge in [0.15, 0.2) is 5.70 Å². The minimum atomic E-state index is -0.590. The summed E-state index contributed by atoms with van der Waals surface area (Å²) in [6, 6.07) is 11.9. The van der Waals surface area contributed by atoms with Gasteiger partial charge in [0.1, 0.15) is 0 Å². The van der Waals surface area contributed by atoms with E-state index in [1.54, 1.807) is 37.3 Å². The van der Waals surface area contributed by atoms with Crippen molar-refractivity contribution < 1.29 is 14.5 Å². The maximum Gasteiger partial charge on any atom is 0.363 e. The van der Waals surface area contributed by atoms with Gasteiger partial charge in [0.05, 0.1) is 4.92 Å². The van der Waals surface area contributed by atoms with Gasteiger partial charge in [-0.3, -0.25) is 10.1 Å². The number of carbonyl (C=O) groups is 1. The Morgan fingerprint density at radius 3 is 2.75 bits per heavy atom. The fourth-order valence-corrected chi connectivity index (χ4v) is 2.62. The summed E-state index contributed by atoms with van der Waals surface area (Å²) in [6.07, 6.45) is 1.47. The van der Waals surface area contributed by atoms with Crippen LogP contribution in [-0.2, 0) is 9.53 Å². The van der Waals surface area contributed by atoms with E-state index < -0.39 is 10.9 Å². The monoisotopic (exact) mass is 386 g/mol. The Morgan fingerprint density at radius 2 is 2.04 bits per heavy atom. The summed E-state index contributed by atoms with van der Waals surface area (Å²) in [5.74, 6) is -0.387. The lowest BCUT2D eigenvalue weighted by atomic mass is 10.1. The molecule has 2 aromatic carbocycles. The highest BCUT2D eigenvalue weighted by Crippen LogP contribution is 2.24. The number of carbonyl (C=O) groups excluding carboxylic acids is 1. The molecule has 0 N–H and O–H groups in total. The number of hydrogen-bond acceptors (Lipinski definition) is 5. The van der Waals surface area contributed by atoms with Crippen LogP contribution in [0.2, 0.25) is 0 Å². The van der Waals surface area contributed by atoms with Crippen molar-refractivity contribution in [3.8, 4) is 0 Å². The molecule has 2 aromatic rings. The molecule has 0 fully saturated rings. The van der Waals surface area contributed by atoms with Crippen LogP contribution in [0.4, 0.5) is 5.69 Å². The third kappa shape index (κ3) is 3.26. The van der Waals surface area contributed by atoms with Gasteiger partial charge >= 0.3 is 5.97 Å². The van der Waals surface area contributed by atoms with Crippen LogP contribution in [0.25, 0.3) is 6.08 Å². The van der Waals surface area contributed by atoms with Crippen LogP contribution in [0.5, 0.6) is 0 Å². The molecule has 0 spiro atoms. The number of hydrogen-bond donors (Lipinski definition) is 0. The van der Waals surface area contributed by atoms with Crippen molar-refractivity contribution in [2.75, 3.05) is 0 Å². The van der Waals surface area contributed by atoms with Crippen LogP contribution in [0.3, 0.4) is 0 Å². The normalized spacial score (nSPS) is 15.3. The Labute approximate surface area is 145 Å². The molecule has 0 unspecified atom stereocenters. The number of nitro groups is 1. The Morgan fingerprint density at radius 1 is 1.25 bits per heavy atom. The van der Waals surface area contributed by atoms with Gasteiger partial charge in [-0.05, 0) is 36.8 Å². The number of esters is 1. The number of nitro benzene ring substituents is 1. The highest BCUT2D eigenvalue weighted by Gasteiger charge is 2.24. The Kier molecular flexibility index (Phi) is 4.26. The molecule has 0 saturated carbocycles. The Balaban J connectivity index is 1.97. The van der Waals surface area contributed by atoms with Crippen LogP contribution in [0.1, 0.15) is 16.7 Å². The first-order valence-corrected chi connectivity index (χ1v) is 7.77. The standard InChI is InChI=1S/C17H11BrN2O4/c1-10-5-6-11(8-15(10)20(22)23)7-14-17(21)24-16(19-14)12-3-2-4-13(18)9-12/h2-9H,1H3/b14-7-. The van der Waals surface area contributed by atoms with Crippen LogP contribution >= 0.6 is 15.9 Å². The van der Waals surface area contributed by atoms with Crippen molar-refractivity contribution in [3.63, 3.8) is 0 Å². The predicted molar refractivity (Wildman–Crippen MR) is 92.6 cm³/mol. The molecule has 120 valence electrons. The van der Waals surface area contributed by atoms with E-state index in [2.05, 4.69) is 20.9 Å². The van der Waals surface area contributed by atoms with Gasteiger partial charge in [-0.25, -0.2) is 9.79 Å². The molecule has 6 nitrogen and oxygen atoms in total. The molecule has 1 heterocycles. The second kappa shape index (κ2) is 6.37. The molecule has 0 atom stereocenters. The number of halogens is 1. The lowest BCUT2D eigenvalue weighted by Gasteiger charge is -1.99. The molecule has 1 aliphatic rings. The number of aryl methyl sites for hydroxylation is 1. The van der Waals surface area contributed by atoms with Gasteiger partial charge in [0.2, 0.25) is 5.90 Å². The number of cyclic esters (lactones) is 1. The van der Waals surface area contributed by atoms with Gasteiger partial charge in [0.25, 0.3) is 5.69 Å². The molecule has 0 aromatic heterocycles. The molecule has 0 amide bonds. The van der Waals surface area contributed by atoms with E-state index in [0.29, 0.717) is 16.7 Å². The summed E-state index contributed by atoms with van der Waals surface area (Å²) in [7, 11) is 0. The first-order chi connectivity index (χ1) is 11.4. The average Bonchev–Trinajstić information content (AvgIpc) is 2.90. The lowest BCUT2D eigenvalue weighted by Crippen LogP contribution is -2.05. The largest absolute Gasteiger partial charge is 0.402 e. The average molecular weight is 387 g/mol. The van der Waals surface area contributed by atoms with Crippen LogP contribution in [-0.4, -0.2) is 16.8 Å². The van der Waals surface area contributed by atoms with Crippen LogP contribution in [0, 0.1) is 17.0 Å². The first kappa shape index (κ1) is 16.1. The third-order valence-electron chi connectivity index (χ3n) is 3.43. The number of benzene rings is 2. The molecule has 0 aliphatic carbocycles. The van der Waals surface area contributed by atoms with E-state index in [9.17, 15) is 14.9 Å². The summed E-state index contributed by atoms with van der Waals surface area (Å²) in [5, 5.41) is 11.0. The second-order valence-corrected chi connectivity index (χ2v) is 6.07. The van der Waals surface area contributed by atoms with Crippen LogP contribution < -0.4 is 0 Å². The van der Waals surface area contributed by atoms with E-state index in [-0.39, 0.29) is 17.3 Å². The highest BCUT2D eigenvalue weighted by atomic mass is 79.9. The van der Waals surface area contributed by atoms with Gasteiger partial charge < -0.3 is 4.74 Å². The fraction of sp³-hybridized carbons (Fsp3) is 0.0588. The van der Waals surface area contributed by atoms with E-state index in [0.717, 1.165) is 4.47 Å². The summed E-state index contributed by atoms with van der Waals surface area (Å²) in [4.78, 5) is 26.7. The quantitative estimate of drug-likeness (QED) is 0.345. The Bertz CT molecular complexity index is 919. The van der Waals surface area contributed by atoms with E-state index in [1.165, 1.54) is 12.1 Å². The number of ether oxygens (including phenoxy) is 1. The number of rotatable bonds is 3. The molecule has 3 rings (SSSR count). The molecule has 0 radical (unpaired) electrons. The van der Waals surface area contributed by atoms with E-state index in [4.69, 9.17) is 4.74 Å². The maximum atomic E-state index is 12.0. The molecular formula is C17H11BrN2O4. The van der Waals surface area contributed by atoms with Crippen molar-refractivity contribution in [2.24, 2.45) is 4.99 Å². The maximum absolute atomic E-state index is 12.0. The van der Waals surface area contributed by atoms with Gasteiger partial charge in [-0.15, -0.1) is 0 Å². The van der Waals surface area contributed by atoms with Crippen LogP contribution in [0.15, 0.2) is 57.6 Å². The zero-order chi connectivity index (χ0) is 17.3. The van der Waals surface area contributed by atoms with Crippen molar-refractivity contribution in [1.29, 1.82) is 0 Å². The van der Waals surface area contributed by atoms with Crippen molar-refractivity contribution in [1.82, 2.24) is 0 Å². The first-order valence-electron chi connectivity index (χ1n) is 6.97. The minimum absolute atomic E-state index is 0.00749. The second-order valence-electron chi connectivity index (χ2n) is 5.15. The smallest absolute Gasteiger partial charge is 0.363 e. The number of nitrogens with zero attached hydrogens (tertiary/aromatic N) is 2. The van der Waals surface area contributed by atoms with Gasteiger partial charge in [-0.2, -0.15) is 0 Å². The fourth-order valence-electron chi connectivity index (χ4n) is 2.22. The number of aliphatic imine (C=N–C) groups is 1. The molecule has 0 saturated heterocycles. The summed E-state index contributed by atoms with van der Waals surface area (Å²) >= 11 is 3.35. The minimum Gasteiger partial charge on any atom is -0.402 e. The van der Waals surface area contributed by atoms with Gasteiger partial charge in [-0.1, -0.05) is 34.1 Å². The summed E-state index contributed by atoms with van der Waals surface area (Å²) in [6.45, 7) is 1.66.